The molecule has 0 atom stereocenters. The number of carbonyl (C=O) groups is 1. The monoisotopic (exact) mass is 372 g/mol. The minimum absolute atomic E-state index is 0.0977. The lowest BCUT2D eigenvalue weighted by atomic mass is 10.1. The van der Waals surface area contributed by atoms with Gasteiger partial charge in [-0.2, -0.15) is 0 Å². The van der Waals surface area contributed by atoms with E-state index in [0.717, 1.165) is 16.8 Å². The number of amides is 1. The first kappa shape index (κ1) is 17.6. The second kappa shape index (κ2) is 7.76. The molecule has 128 valence electrons. The zero-order valence-corrected chi connectivity index (χ0v) is 15.4. The van der Waals surface area contributed by atoms with Crippen molar-refractivity contribution in [3.05, 3.63) is 64.8 Å². The zero-order chi connectivity index (χ0) is 17.8. The molecular weight excluding hydrogens is 356 g/mol. The first-order chi connectivity index (χ1) is 12.0. The molecule has 0 saturated carbocycles. The Morgan fingerprint density at radius 3 is 2.84 bits per heavy atom. The summed E-state index contributed by atoms with van der Waals surface area (Å²) in [6.45, 7) is 4.00. The van der Waals surface area contributed by atoms with Gasteiger partial charge >= 0.3 is 0 Å². The summed E-state index contributed by atoms with van der Waals surface area (Å²) in [5, 5.41) is 3.99. The zero-order valence-electron chi connectivity index (χ0n) is 13.9. The highest BCUT2D eigenvalue weighted by Crippen LogP contribution is 2.27. The molecule has 1 amide bonds. The van der Waals surface area contributed by atoms with E-state index in [2.05, 4.69) is 10.3 Å². The summed E-state index contributed by atoms with van der Waals surface area (Å²) in [7, 11) is 0. The Balaban J connectivity index is 1.59. The van der Waals surface area contributed by atoms with Crippen molar-refractivity contribution >= 4 is 35.0 Å². The van der Waals surface area contributed by atoms with Crippen LogP contribution in [0.2, 0.25) is 5.02 Å². The van der Waals surface area contributed by atoms with E-state index in [4.69, 9.17) is 16.0 Å². The van der Waals surface area contributed by atoms with Crippen molar-refractivity contribution in [2.24, 2.45) is 0 Å². The second-order valence-corrected chi connectivity index (χ2v) is 7.02. The lowest BCUT2D eigenvalue weighted by Gasteiger charge is -2.08. The minimum Gasteiger partial charge on any atom is -0.431 e. The second-order valence-electron chi connectivity index (χ2n) is 5.66. The summed E-state index contributed by atoms with van der Waals surface area (Å²) in [6.07, 6.45) is 1.63. The quantitative estimate of drug-likeness (QED) is 0.614. The fraction of sp³-hybridized carbons (Fsp3) is 0.158. The smallest absolute Gasteiger partial charge is 0.256 e. The van der Waals surface area contributed by atoms with E-state index >= 15 is 0 Å². The normalized spacial score (nSPS) is 10.7. The molecule has 0 fully saturated rings. The summed E-state index contributed by atoms with van der Waals surface area (Å²) in [6, 6.07) is 13.3. The standard InChI is InChI=1S/C19H17ClN2O2S/c1-12-6-7-16(13(2)8-12)22-18(23)11-25-19-21-10-17(24-19)14-4-3-5-15(20)9-14/h3-10H,11H2,1-2H3,(H,22,23). The van der Waals surface area contributed by atoms with E-state index in [1.807, 2.05) is 50.2 Å². The van der Waals surface area contributed by atoms with Gasteiger partial charge in [-0.3, -0.25) is 4.79 Å². The highest BCUT2D eigenvalue weighted by molar-refractivity contribution is 7.99. The van der Waals surface area contributed by atoms with Crippen molar-refractivity contribution in [3.8, 4) is 11.3 Å². The molecule has 3 rings (SSSR count). The molecule has 0 aliphatic rings. The Hall–Kier alpha value is -2.24. The van der Waals surface area contributed by atoms with Crippen LogP contribution in [0.25, 0.3) is 11.3 Å². The van der Waals surface area contributed by atoms with Crippen molar-refractivity contribution in [2.75, 3.05) is 11.1 Å². The molecule has 0 radical (unpaired) electrons. The van der Waals surface area contributed by atoms with Gasteiger partial charge in [-0.15, -0.1) is 0 Å². The van der Waals surface area contributed by atoms with E-state index in [1.165, 1.54) is 17.3 Å². The lowest BCUT2D eigenvalue weighted by Crippen LogP contribution is -2.14. The van der Waals surface area contributed by atoms with Crippen molar-refractivity contribution < 1.29 is 9.21 Å². The van der Waals surface area contributed by atoms with Gasteiger partial charge in [0.2, 0.25) is 5.91 Å². The number of oxazole rings is 1. The number of aromatic nitrogens is 1. The van der Waals surface area contributed by atoms with Gasteiger partial charge in [0.1, 0.15) is 0 Å². The molecule has 0 bridgehead atoms. The maximum atomic E-state index is 12.1. The van der Waals surface area contributed by atoms with E-state index in [9.17, 15) is 4.79 Å². The number of thioether (sulfide) groups is 1. The van der Waals surface area contributed by atoms with E-state index in [1.54, 1.807) is 12.3 Å². The SMILES string of the molecule is Cc1ccc(NC(=O)CSc2ncc(-c3cccc(Cl)c3)o2)c(C)c1. The third-order valence-electron chi connectivity index (χ3n) is 3.58. The average Bonchev–Trinajstić information content (AvgIpc) is 3.05. The largest absolute Gasteiger partial charge is 0.431 e. The summed E-state index contributed by atoms with van der Waals surface area (Å²) in [5.74, 6) is 0.752. The molecule has 6 heteroatoms. The van der Waals surface area contributed by atoms with Crippen molar-refractivity contribution in [3.63, 3.8) is 0 Å². The van der Waals surface area contributed by atoms with E-state index < -0.39 is 0 Å². The van der Waals surface area contributed by atoms with Crippen LogP contribution in [0.5, 0.6) is 0 Å². The van der Waals surface area contributed by atoms with Gasteiger partial charge in [-0.05, 0) is 37.6 Å². The summed E-state index contributed by atoms with van der Waals surface area (Å²) < 4.78 is 5.68. The number of carbonyl (C=O) groups excluding carboxylic acids is 1. The molecule has 25 heavy (non-hydrogen) atoms. The van der Waals surface area contributed by atoms with Gasteiger partial charge < -0.3 is 9.73 Å². The third-order valence-corrected chi connectivity index (χ3v) is 4.65. The van der Waals surface area contributed by atoms with Crippen LogP contribution in [-0.4, -0.2) is 16.6 Å². The van der Waals surface area contributed by atoms with Crippen LogP contribution in [0.15, 0.2) is 58.3 Å². The number of anilines is 1. The topological polar surface area (TPSA) is 55.1 Å². The number of benzene rings is 2. The molecule has 2 aromatic carbocycles. The Morgan fingerprint density at radius 2 is 2.08 bits per heavy atom. The van der Waals surface area contributed by atoms with E-state index in [-0.39, 0.29) is 11.7 Å². The highest BCUT2D eigenvalue weighted by atomic mass is 35.5. The summed E-state index contributed by atoms with van der Waals surface area (Å²) >= 11 is 7.24. The number of hydrogen-bond acceptors (Lipinski definition) is 4. The summed E-state index contributed by atoms with van der Waals surface area (Å²) in [5.41, 5.74) is 3.88. The predicted molar refractivity (Wildman–Crippen MR) is 102 cm³/mol. The Kier molecular flexibility index (Phi) is 5.46. The lowest BCUT2D eigenvalue weighted by molar-refractivity contribution is -0.113. The Morgan fingerprint density at radius 1 is 1.24 bits per heavy atom. The molecule has 4 nitrogen and oxygen atoms in total. The van der Waals surface area contributed by atoms with Gasteiger partial charge in [0.05, 0.1) is 11.9 Å². The highest BCUT2D eigenvalue weighted by Gasteiger charge is 2.11. The van der Waals surface area contributed by atoms with Gasteiger partial charge in [-0.1, -0.05) is 53.2 Å². The van der Waals surface area contributed by atoms with Crippen molar-refractivity contribution in [1.82, 2.24) is 4.98 Å². The number of hydrogen-bond donors (Lipinski definition) is 1. The van der Waals surface area contributed by atoms with Crippen LogP contribution in [-0.2, 0) is 4.79 Å². The van der Waals surface area contributed by atoms with Crippen LogP contribution in [0, 0.1) is 13.8 Å². The average molecular weight is 373 g/mol. The van der Waals surface area contributed by atoms with Gasteiger partial charge in [-0.25, -0.2) is 4.98 Å². The fourth-order valence-corrected chi connectivity index (χ4v) is 3.16. The van der Waals surface area contributed by atoms with Crippen LogP contribution < -0.4 is 5.32 Å². The molecule has 0 saturated heterocycles. The molecule has 1 heterocycles. The number of halogens is 1. The number of aryl methyl sites for hydroxylation is 2. The van der Waals surface area contributed by atoms with Crippen molar-refractivity contribution in [1.29, 1.82) is 0 Å². The van der Waals surface area contributed by atoms with Crippen LogP contribution in [0.4, 0.5) is 5.69 Å². The maximum Gasteiger partial charge on any atom is 0.256 e. The number of nitrogens with zero attached hydrogens (tertiary/aromatic N) is 1. The maximum absolute atomic E-state index is 12.1. The molecular formula is C19H17ClN2O2S. The third kappa shape index (κ3) is 4.65. The van der Waals surface area contributed by atoms with Gasteiger partial charge in [0, 0.05) is 16.3 Å². The van der Waals surface area contributed by atoms with Crippen LogP contribution in [0.3, 0.4) is 0 Å². The summed E-state index contributed by atoms with van der Waals surface area (Å²) in [4.78, 5) is 16.3. The number of nitrogens with one attached hydrogen (secondary N) is 1. The fourth-order valence-electron chi connectivity index (χ4n) is 2.37. The number of rotatable bonds is 5. The first-order valence-corrected chi connectivity index (χ1v) is 9.09. The van der Waals surface area contributed by atoms with Crippen LogP contribution >= 0.6 is 23.4 Å². The molecule has 0 unspecified atom stereocenters. The van der Waals surface area contributed by atoms with Gasteiger partial charge in [0.25, 0.3) is 5.22 Å². The van der Waals surface area contributed by atoms with Crippen molar-refractivity contribution in [2.45, 2.75) is 19.1 Å². The Bertz CT molecular complexity index is 908. The van der Waals surface area contributed by atoms with Gasteiger partial charge in [0.15, 0.2) is 5.76 Å². The molecule has 1 N–H and O–H groups in total. The first-order valence-electron chi connectivity index (χ1n) is 7.73. The Labute approximate surface area is 155 Å². The van der Waals surface area contributed by atoms with Crippen LogP contribution in [0.1, 0.15) is 11.1 Å². The molecule has 0 aliphatic heterocycles. The molecule has 0 spiro atoms. The molecule has 3 aromatic rings. The van der Waals surface area contributed by atoms with E-state index in [0.29, 0.717) is 16.0 Å². The predicted octanol–water partition coefficient (Wildman–Crippen LogP) is 5.34. The molecule has 1 aromatic heterocycles. The molecule has 0 aliphatic carbocycles. The minimum atomic E-state index is -0.0977.